The van der Waals surface area contributed by atoms with Gasteiger partial charge in [0.25, 0.3) is 0 Å². The van der Waals surface area contributed by atoms with Crippen LogP contribution in [0.15, 0.2) is 70.9 Å². The van der Waals surface area contributed by atoms with E-state index in [4.69, 9.17) is 0 Å². The molecule has 0 unspecified atom stereocenters. The first-order valence-electron chi connectivity index (χ1n) is 7.58. The molecule has 1 heterocycles. The van der Waals surface area contributed by atoms with Gasteiger partial charge in [-0.25, -0.2) is 10.9 Å². The summed E-state index contributed by atoms with van der Waals surface area (Å²) in [6, 6.07) is 18.8. The molecular formula is C18H16N4O2. The molecule has 2 aromatic rings. The van der Waals surface area contributed by atoms with Crippen LogP contribution >= 0.6 is 0 Å². The van der Waals surface area contributed by atoms with Gasteiger partial charge in [0.2, 0.25) is 11.8 Å². The van der Waals surface area contributed by atoms with Gasteiger partial charge in [0.1, 0.15) is 11.4 Å². The summed E-state index contributed by atoms with van der Waals surface area (Å²) in [5, 5.41) is 8.51. The second-order valence-corrected chi connectivity index (χ2v) is 5.22. The predicted octanol–water partition coefficient (Wildman–Crippen LogP) is 1.82. The summed E-state index contributed by atoms with van der Waals surface area (Å²) in [5.41, 5.74) is 7.56. The van der Waals surface area contributed by atoms with Crippen LogP contribution < -0.4 is 10.9 Å². The second kappa shape index (κ2) is 7.32. The molecule has 0 fully saturated rings. The van der Waals surface area contributed by atoms with Gasteiger partial charge in [0, 0.05) is 24.0 Å². The highest BCUT2D eigenvalue weighted by Gasteiger charge is 2.17. The maximum Gasteiger partial charge on any atom is 0.240 e. The van der Waals surface area contributed by atoms with Crippen molar-refractivity contribution in [3.05, 3.63) is 71.8 Å². The summed E-state index contributed by atoms with van der Waals surface area (Å²) in [5.74, 6) is -0.624. The van der Waals surface area contributed by atoms with Gasteiger partial charge in [0.05, 0.1) is 0 Å². The molecule has 2 aromatic carbocycles. The smallest absolute Gasteiger partial charge is 0.240 e. The highest BCUT2D eigenvalue weighted by Crippen LogP contribution is 2.10. The van der Waals surface area contributed by atoms with Crippen molar-refractivity contribution in [1.82, 2.24) is 10.9 Å². The molecule has 120 valence electrons. The van der Waals surface area contributed by atoms with Gasteiger partial charge >= 0.3 is 0 Å². The first-order valence-corrected chi connectivity index (χ1v) is 7.58. The van der Waals surface area contributed by atoms with E-state index in [2.05, 4.69) is 21.1 Å². The van der Waals surface area contributed by atoms with Crippen LogP contribution in [-0.2, 0) is 9.59 Å². The fourth-order valence-corrected chi connectivity index (χ4v) is 2.28. The Balaban J connectivity index is 2.12. The van der Waals surface area contributed by atoms with E-state index in [1.165, 1.54) is 0 Å². The summed E-state index contributed by atoms with van der Waals surface area (Å²) in [4.78, 5) is 23.7. The number of nitrogens with one attached hydrogen (secondary N) is 2. The lowest BCUT2D eigenvalue weighted by molar-refractivity contribution is -0.126. The molecule has 0 radical (unpaired) electrons. The van der Waals surface area contributed by atoms with Gasteiger partial charge in [-0.15, -0.1) is 0 Å². The van der Waals surface area contributed by atoms with Gasteiger partial charge < -0.3 is 0 Å². The molecule has 0 aromatic heterocycles. The maximum atomic E-state index is 11.8. The lowest BCUT2D eigenvalue weighted by Crippen LogP contribution is -2.31. The van der Waals surface area contributed by atoms with Crippen LogP contribution in [0, 0.1) is 0 Å². The third-order valence-electron chi connectivity index (χ3n) is 3.48. The molecular weight excluding hydrogens is 304 g/mol. The highest BCUT2D eigenvalue weighted by atomic mass is 16.2. The Kier molecular flexibility index (Phi) is 4.76. The summed E-state index contributed by atoms with van der Waals surface area (Å²) in [6.07, 6.45) is 0.126. The van der Waals surface area contributed by atoms with E-state index in [-0.39, 0.29) is 24.7 Å². The Hall–Kier alpha value is -3.28. The highest BCUT2D eigenvalue weighted by molar-refractivity contribution is 6.53. The van der Waals surface area contributed by atoms with Gasteiger partial charge in [-0.1, -0.05) is 60.7 Å². The van der Waals surface area contributed by atoms with E-state index < -0.39 is 0 Å². The summed E-state index contributed by atoms with van der Waals surface area (Å²) < 4.78 is 0. The van der Waals surface area contributed by atoms with Gasteiger partial charge in [-0.2, -0.15) is 10.2 Å². The van der Waals surface area contributed by atoms with Crippen molar-refractivity contribution in [3.63, 3.8) is 0 Å². The van der Waals surface area contributed by atoms with E-state index in [0.717, 1.165) is 11.1 Å². The number of nitrogens with zero attached hydrogens (tertiary/aromatic N) is 2. The summed E-state index contributed by atoms with van der Waals surface area (Å²) in [7, 11) is 0. The third-order valence-corrected chi connectivity index (χ3v) is 3.48. The maximum absolute atomic E-state index is 11.8. The molecule has 0 saturated carbocycles. The predicted molar refractivity (Wildman–Crippen MR) is 91.5 cm³/mol. The van der Waals surface area contributed by atoms with Crippen LogP contribution in [0.2, 0.25) is 0 Å². The van der Waals surface area contributed by atoms with Gasteiger partial charge in [0.15, 0.2) is 0 Å². The van der Waals surface area contributed by atoms with Gasteiger partial charge in [-0.05, 0) is 0 Å². The van der Waals surface area contributed by atoms with Crippen molar-refractivity contribution in [3.8, 4) is 0 Å². The SMILES string of the molecule is O=C1CCC(=O)N/N=C(c2ccccc2)\C(c2ccccc2)=N/N1. The molecule has 0 bridgehead atoms. The van der Waals surface area contributed by atoms with Crippen molar-refractivity contribution in [2.75, 3.05) is 0 Å². The number of hydrazone groups is 2. The van der Waals surface area contributed by atoms with Crippen molar-refractivity contribution < 1.29 is 9.59 Å². The van der Waals surface area contributed by atoms with Crippen LogP contribution in [0.4, 0.5) is 0 Å². The molecule has 0 spiro atoms. The molecule has 1 aliphatic rings. The minimum Gasteiger partial charge on any atom is -0.273 e. The van der Waals surface area contributed by atoms with E-state index in [0.29, 0.717) is 11.4 Å². The van der Waals surface area contributed by atoms with Crippen LogP contribution in [0.5, 0.6) is 0 Å². The molecule has 6 heteroatoms. The third kappa shape index (κ3) is 3.73. The number of hydrogen-bond acceptors (Lipinski definition) is 4. The zero-order chi connectivity index (χ0) is 16.8. The largest absolute Gasteiger partial charge is 0.273 e. The zero-order valence-corrected chi connectivity index (χ0v) is 12.9. The fraction of sp³-hybridized carbons (Fsp3) is 0.111. The van der Waals surface area contributed by atoms with Crippen molar-refractivity contribution >= 4 is 23.2 Å². The summed E-state index contributed by atoms with van der Waals surface area (Å²) in [6.45, 7) is 0. The Morgan fingerprint density at radius 3 is 1.38 bits per heavy atom. The minimum atomic E-state index is -0.312. The lowest BCUT2D eigenvalue weighted by Gasteiger charge is -2.13. The average molecular weight is 320 g/mol. The van der Waals surface area contributed by atoms with Crippen molar-refractivity contribution in [2.24, 2.45) is 10.2 Å². The molecule has 0 aliphatic carbocycles. The number of rotatable bonds is 2. The van der Waals surface area contributed by atoms with E-state index in [9.17, 15) is 9.59 Å². The summed E-state index contributed by atoms with van der Waals surface area (Å²) >= 11 is 0. The zero-order valence-electron chi connectivity index (χ0n) is 12.9. The Bertz CT molecular complexity index is 729. The number of carbonyl (C=O) groups is 2. The first-order chi connectivity index (χ1) is 11.7. The number of amides is 2. The molecule has 6 nitrogen and oxygen atoms in total. The molecule has 2 amide bonds. The number of carbonyl (C=O) groups excluding carboxylic acids is 2. The quantitative estimate of drug-likeness (QED) is 0.885. The monoisotopic (exact) mass is 320 g/mol. The molecule has 24 heavy (non-hydrogen) atoms. The van der Waals surface area contributed by atoms with E-state index >= 15 is 0 Å². The van der Waals surface area contributed by atoms with Crippen LogP contribution in [-0.4, -0.2) is 23.2 Å². The topological polar surface area (TPSA) is 82.9 Å². The minimum absolute atomic E-state index is 0.0631. The van der Waals surface area contributed by atoms with E-state index in [1.54, 1.807) is 0 Å². The Labute approximate surface area is 139 Å². The van der Waals surface area contributed by atoms with E-state index in [1.807, 2.05) is 60.7 Å². The fourth-order valence-electron chi connectivity index (χ4n) is 2.28. The van der Waals surface area contributed by atoms with Crippen LogP contribution in [0.1, 0.15) is 24.0 Å². The Morgan fingerprint density at radius 1 is 0.625 bits per heavy atom. The van der Waals surface area contributed by atoms with Crippen molar-refractivity contribution in [1.29, 1.82) is 0 Å². The molecule has 0 atom stereocenters. The first kappa shape index (κ1) is 15.6. The normalized spacial score (nSPS) is 20.0. The standard InChI is InChI=1S/C18H16N4O2/c23-15-11-12-16(24)20-22-18(14-9-5-2-6-10-14)17(21-19-15)13-7-3-1-4-8-13/h1-10H,11-12H2,(H,19,23)(H,20,24)/b21-17-,22-18-. The Morgan fingerprint density at radius 2 is 1.00 bits per heavy atom. The van der Waals surface area contributed by atoms with Gasteiger partial charge in [-0.3, -0.25) is 9.59 Å². The van der Waals surface area contributed by atoms with Crippen LogP contribution in [0.3, 0.4) is 0 Å². The molecule has 3 rings (SSSR count). The number of hydrogen-bond donors (Lipinski definition) is 2. The van der Waals surface area contributed by atoms with Crippen LogP contribution in [0.25, 0.3) is 0 Å². The molecule has 2 N–H and O–H groups in total. The second-order valence-electron chi connectivity index (χ2n) is 5.22. The number of benzene rings is 2. The average Bonchev–Trinajstić information content (AvgIpc) is 2.63. The molecule has 0 saturated heterocycles. The lowest BCUT2D eigenvalue weighted by atomic mass is 10.00. The van der Waals surface area contributed by atoms with Crippen molar-refractivity contribution in [2.45, 2.75) is 12.8 Å². The molecule has 1 aliphatic heterocycles.